The van der Waals surface area contributed by atoms with Crippen LogP contribution in [0.25, 0.3) is 0 Å². The summed E-state index contributed by atoms with van der Waals surface area (Å²) in [5, 5.41) is 31.3. The molecule has 0 saturated carbocycles. The van der Waals surface area contributed by atoms with E-state index >= 15 is 0 Å². The van der Waals surface area contributed by atoms with Gasteiger partial charge in [0, 0.05) is 6.04 Å². The highest BCUT2D eigenvalue weighted by atomic mass is 16.6. The fourth-order valence-corrected chi connectivity index (χ4v) is 3.47. The molecule has 0 fully saturated rings. The van der Waals surface area contributed by atoms with E-state index in [1.807, 2.05) is 39.8 Å². The first-order chi connectivity index (χ1) is 11.6. The van der Waals surface area contributed by atoms with Crippen LogP contribution in [-0.2, 0) is 9.53 Å². The van der Waals surface area contributed by atoms with Crippen molar-refractivity contribution in [3.8, 4) is 0 Å². The number of carbonyl (C=O) groups excluding carboxylic acids is 1. The number of rotatable bonds is 11. The summed E-state index contributed by atoms with van der Waals surface area (Å²) in [5.41, 5.74) is -2.32. The predicted molar refractivity (Wildman–Crippen MR) is 104 cm³/mol. The molecule has 0 saturated heterocycles. The zero-order chi connectivity index (χ0) is 20.9. The van der Waals surface area contributed by atoms with Gasteiger partial charge >= 0.3 is 5.97 Å². The summed E-state index contributed by atoms with van der Waals surface area (Å²) in [5.74, 6) is -0.567. The van der Waals surface area contributed by atoms with Crippen molar-refractivity contribution in [3.05, 3.63) is 0 Å². The smallest absolute Gasteiger partial charge is 0.309 e. The van der Waals surface area contributed by atoms with E-state index < -0.39 is 23.4 Å². The van der Waals surface area contributed by atoms with E-state index in [0.29, 0.717) is 19.3 Å². The van der Waals surface area contributed by atoms with Crippen LogP contribution in [-0.4, -0.2) is 69.7 Å². The maximum atomic E-state index is 12.5. The summed E-state index contributed by atoms with van der Waals surface area (Å²) in [4.78, 5) is 14.3. The van der Waals surface area contributed by atoms with Crippen LogP contribution in [0.1, 0.15) is 67.7 Å². The molecule has 6 atom stereocenters. The van der Waals surface area contributed by atoms with Gasteiger partial charge in [0.15, 0.2) is 0 Å². The van der Waals surface area contributed by atoms with Crippen molar-refractivity contribution >= 4 is 5.97 Å². The molecule has 0 aliphatic heterocycles. The van der Waals surface area contributed by atoms with Crippen molar-refractivity contribution in [3.63, 3.8) is 0 Å². The standard InChI is InChI=1S/C20H41NO5/c1-10-16(20(7,25)17(22)15(4)21(8)9)26-18(23)14(3)11-13(2)12-19(5,6)24/h13-17,22,24-25H,10-12H2,1-9H3/t13-,14+,15+,16+,17+,20+/m0/s1. The topological polar surface area (TPSA) is 90.2 Å². The van der Waals surface area contributed by atoms with E-state index in [9.17, 15) is 20.1 Å². The van der Waals surface area contributed by atoms with E-state index in [1.54, 1.807) is 20.8 Å². The molecule has 0 aliphatic carbocycles. The van der Waals surface area contributed by atoms with E-state index in [2.05, 4.69) is 0 Å². The van der Waals surface area contributed by atoms with Gasteiger partial charge in [0.1, 0.15) is 17.8 Å². The Morgan fingerprint density at radius 2 is 1.62 bits per heavy atom. The van der Waals surface area contributed by atoms with E-state index in [-0.39, 0.29) is 23.8 Å². The second-order valence-corrected chi connectivity index (χ2v) is 8.97. The molecule has 0 rings (SSSR count). The Morgan fingerprint density at radius 3 is 2.00 bits per heavy atom. The molecule has 0 aromatic carbocycles. The second-order valence-electron chi connectivity index (χ2n) is 8.97. The van der Waals surface area contributed by atoms with Gasteiger partial charge in [-0.1, -0.05) is 20.8 Å². The first-order valence-corrected chi connectivity index (χ1v) is 9.63. The molecule has 26 heavy (non-hydrogen) atoms. The number of likely N-dealkylation sites (N-methyl/N-ethyl adjacent to an activating group) is 1. The van der Waals surface area contributed by atoms with Crippen LogP contribution in [0.15, 0.2) is 0 Å². The van der Waals surface area contributed by atoms with Gasteiger partial charge in [0.05, 0.1) is 11.5 Å². The quantitative estimate of drug-likeness (QED) is 0.480. The fourth-order valence-electron chi connectivity index (χ4n) is 3.47. The first kappa shape index (κ1) is 25.3. The van der Waals surface area contributed by atoms with Gasteiger partial charge in [-0.15, -0.1) is 0 Å². The van der Waals surface area contributed by atoms with Crippen LogP contribution in [0.2, 0.25) is 0 Å². The third kappa shape index (κ3) is 7.91. The molecule has 0 spiro atoms. The van der Waals surface area contributed by atoms with Crippen LogP contribution in [0.3, 0.4) is 0 Å². The molecule has 6 heteroatoms. The van der Waals surface area contributed by atoms with Crippen molar-refractivity contribution in [1.82, 2.24) is 4.90 Å². The van der Waals surface area contributed by atoms with Gasteiger partial charge in [-0.2, -0.15) is 0 Å². The fraction of sp³-hybridized carbons (Fsp3) is 0.950. The Morgan fingerprint density at radius 1 is 1.12 bits per heavy atom. The average Bonchev–Trinajstić information content (AvgIpc) is 2.48. The lowest BCUT2D eigenvalue weighted by atomic mass is 9.86. The zero-order valence-electron chi connectivity index (χ0n) is 18.1. The SMILES string of the molecule is CC[C@@H](OC(=O)[C@H](C)C[C@H](C)CC(C)(C)O)[C@@](C)(O)[C@H](O)[C@@H](C)N(C)C. The van der Waals surface area contributed by atoms with Crippen molar-refractivity contribution in [2.75, 3.05) is 14.1 Å². The van der Waals surface area contributed by atoms with Gasteiger partial charge in [-0.25, -0.2) is 0 Å². The maximum Gasteiger partial charge on any atom is 0.309 e. The van der Waals surface area contributed by atoms with Crippen LogP contribution < -0.4 is 0 Å². The molecule has 3 N–H and O–H groups in total. The summed E-state index contributed by atoms with van der Waals surface area (Å²) in [6, 6.07) is -0.290. The Bertz CT molecular complexity index is 430. The molecule has 0 heterocycles. The molecule has 0 aliphatic rings. The van der Waals surface area contributed by atoms with E-state index in [1.165, 1.54) is 6.92 Å². The lowest BCUT2D eigenvalue weighted by Gasteiger charge is -2.40. The Kier molecular flexibility index (Phi) is 9.75. The number of ether oxygens (including phenoxy) is 1. The maximum absolute atomic E-state index is 12.5. The molecule has 6 nitrogen and oxygen atoms in total. The van der Waals surface area contributed by atoms with Crippen molar-refractivity contribution in [2.24, 2.45) is 11.8 Å². The van der Waals surface area contributed by atoms with Crippen LogP contribution in [0.5, 0.6) is 0 Å². The number of hydrogen-bond acceptors (Lipinski definition) is 6. The Balaban J connectivity index is 4.95. The second kappa shape index (κ2) is 10.0. The third-order valence-electron chi connectivity index (χ3n) is 5.16. The summed E-state index contributed by atoms with van der Waals surface area (Å²) >= 11 is 0. The molecule has 0 amide bonds. The molecule has 0 unspecified atom stereocenters. The van der Waals surface area contributed by atoms with Gasteiger partial charge in [-0.05, 0) is 67.0 Å². The van der Waals surface area contributed by atoms with E-state index in [4.69, 9.17) is 4.74 Å². The van der Waals surface area contributed by atoms with Gasteiger partial charge in [0.25, 0.3) is 0 Å². The number of carbonyl (C=O) groups is 1. The lowest BCUT2D eigenvalue weighted by molar-refractivity contribution is -0.189. The largest absolute Gasteiger partial charge is 0.459 e. The highest BCUT2D eigenvalue weighted by Gasteiger charge is 2.44. The highest BCUT2D eigenvalue weighted by Crippen LogP contribution is 2.27. The number of esters is 1. The summed E-state index contributed by atoms with van der Waals surface area (Å²) in [6.45, 7) is 12.5. The van der Waals surface area contributed by atoms with Crippen LogP contribution in [0, 0.1) is 11.8 Å². The summed E-state index contributed by atoms with van der Waals surface area (Å²) in [7, 11) is 3.64. The predicted octanol–water partition coefficient (Wildman–Crippen LogP) is 2.19. The van der Waals surface area contributed by atoms with Crippen molar-refractivity contribution in [2.45, 2.75) is 97.2 Å². The Labute approximate surface area is 159 Å². The minimum absolute atomic E-state index is 0.164. The third-order valence-corrected chi connectivity index (χ3v) is 5.16. The minimum atomic E-state index is -1.55. The van der Waals surface area contributed by atoms with Crippen LogP contribution in [0.4, 0.5) is 0 Å². The van der Waals surface area contributed by atoms with Crippen molar-refractivity contribution < 1.29 is 24.9 Å². The molecule has 0 aromatic rings. The normalized spacial score (nSPS) is 20.8. The number of hydrogen-bond donors (Lipinski definition) is 3. The van der Waals surface area contributed by atoms with Gasteiger partial charge < -0.3 is 25.0 Å². The first-order valence-electron chi connectivity index (χ1n) is 9.63. The van der Waals surface area contributed by atoms with Crippen LogP contribution >= 0.6 is 0 Å². The average molecular weight is 376 g/mol. The van der Waals surface area contributed by atoms with Gasteiger partial charge in [-0.3, -0.25) is 4.79 Å². The molecule has 0 radical (unpaired) electrons. The summed E-state index contributed by atoms with van der Waals surface area (Å²) in [6.07, 6.45) is -0.252. The lowest BCUT2D eigenvalue weighted by Crippen LogP contribution is -2.58. The molecule has 0 aromatic heterocycles. The molecule has 156 valence electrons. The highest BCUT2D eigenvalue weighted by molar-refractivity contribution is 5.72. The number of aliphatic hydroxyl groups is 3. The van der Waals surface area contributed by atoms with Crippen molar-refractivity contribution in [1.29, 1.82) is 0 Å². The van der Waals surface area contributed by atoms with E-state index in [0.717, 1.165) is 0 Å². The summed E-state index contributed by atoms with van der Waals surface area (Å²) < 4.78 is 5.58. The zero-order valence-corrected chi connectivity index (χ0v) is 18.1. The Hall–Kier alpha value is -0.690. The molecular formula is C20H41NO5. The molecule has 0 bridgehead atoms. The minimum Gasteiger partial charge on any atom is -0.459 e. The number of aliphatic hydroxyl groups excluding tert-OH is 1. The monoisotopic (exact) mass is 375 g/mol. The molecular weight excluding hydrogens is 334 g/mol. The van der Waals surface area contributed by atoms with Gasteiger partial charge in [0.2, 0.25) is 0 Å². The number of nitrogens with zero attached hydrogens (tertiary/aromatic N) is 1.